The van der Waals surface area contributed by atoms with E-state index in [1.807, 2.05) is 6.92 Å². The van der Waals surface area contributed by atoms with Gasteiger partial charge in [0.05, 0.1) is 6.61 Å². The quantitative estimate of drug-likeness (QED) is 0.821. The predicted molar refractivity (Wildman–Crippen MR) is 97.0 cm³/mol. The lowest BCUT2D eigenvalue weighted by atomic mass is 10.2. The van der Waals surface area contributed by atoms with E-state index in [9.17, 15) is 4.79 Å². The summed E-state index contributed by atoms with van der Waals surface area (Å²) in [4.78, 5) is 29.0. The molecule has 0 aliphatic carbocycles. The van der Waals surface area contributed by atoms with Crippen molar-refractivity contribution in [3.63, 3.8) is 0 Å². The minimum atomic E-state index is -0.254. The molecule has 9 heteroatoms. The Kier molecular flexibility index (Phi) is 5.42. The molecular weight excluding hydrogens is 322 g/mol. The summed E-state index contributed by atoms with van der Waals surface area (Å²) in [6, 6.07) is 0. The number of likely N-dealkylation sites (N-methyl/N-ethyl adjacent to an activating group) is 1. The van der Waals surface area contributed by atoms with Crippen molar-refractivity contribution in [2.24, 2.45) is 0 Å². The van der Waals surface area contributed by atoms with Crippen LogP contribution in [0.25, 0.3) is 0 Å². The topological polar surface area (TPSA) is 91.1 Å². The van der Waals surface area contributed by atoms with Crippen molar-refractivity contribution in [3.05, 3.63) is 6.33 Å². The summed E-state index contributed by atoms with van der Waals surface area (Å²) in [6.45, 7) is 8.60. The Morgan fingerprint density at radius 2 is 1.56 bits per heavy atom. The fourth-order valence-corrected chi connectivity index (χ4v) is 3.22. The molecule has 0 bridgehead atoms. The number of nitrogen functional groups attached to an aromatic ring is 1. The van der Waals surface area contributed by atoms with E-state index in [2.05, 4.69) is 31.7 Å². The van der Waals surface area contributed by atoms with Gasteiger partial charge in [-0.05, 0) is 14.0 Å². The number of hydrogen-bond acceptors (Lipinski definition) is 8. The van der Waals surface area contributed by atoms with Gasteiger partial charge in [0.2, 0.25) is 0 Å². The standard InChI is InChI=1S/C16H27N7O2/c1-3-25-16(24)23-10-8-22(9-11-23)15-13(17)14(18-12-19-15)21-6-4-20(2)5-7-21/h12H,3-11,17H2,1-2H3. The highest BCUT2D eigenvalue weighted by Gasteiger charge is 2.26. The average Bonchev–Trinajstić information content (AvgIpc) is 2.63. The Morgan fingerprint density at radius 3 is 2.08 bits per heavy atom. The maximum atomic E-state index is 11.8. The minimum absolute atomic E-state index is 0.254. The lowest BCUT2D eigenvalue weighted by molar-refractivity contribution is 0.105. The van der Waals surface area contributed by atoms with Gasteiger partial charge in [0.15, 0.2) is 11.6 Å². The molecule has 1 aromatic heterocycles. The van der Waals surface area contributed by atoms with Gasteiger partial charge >= 0.3 is 6.09 Å². The Balaban J connectivity index is 1.67. The third kappa shape index (κ3) is 3.87. The first-order valence-corrected chi connectivity index (χ1v) is 8.80. The number of carbonyl (C=O) groups is 1. The van der Waals surface area contributed by atoms with Crippen LogP contribution in [-0.2, 0) is 4.74 Å². The minimum Gasteiger partial charge on any atom is -0.450 e. The van der Waals surface area contributed by atoms with Gasteiger partial charge < -0.3 is 30.1 Å². The number of hydrogen-bond donors (Lipinski definition) is 1. The fourth-order valence-electron chi connectivity index (χ4n) is 3.22. The molecule has 3 heterocycles. The van der Waals surface area contributed by atoms with Crippen LogP contribution in [-0.4, -0.2) is 91.9 Å². The Hall–Kier alpha value is -2.29. The van der Waals surface area contributed by atoms with Gasteiger partial charge in [-0.2, -0.15) is 0 Å². The van der Waals surface area contributed by atoms with Crippen LogP contribution in [0.5, 0.6) is 0 Å². The van der Waals surface area contributed by atoms with E-state index in [-0.39, 0.29) is 6.09 Å². The summed E-state index contributed by atoms with van der Waals surface area (Å²) in [5.74, 6) is 1.57. The van der Waals surface area contributed by atoms with Crippen LogP contribution in [0, 0.1) is 0 Å². The van der Waals surface area contributed by atoms with Crippen LogP contribution in [0.2, 0.25) is 0 Å². The molecule has 2 aliphatic rings. The maximum Gasteiger partial charge on any atom is 0.409 e. The molecule has 2 aliphatic heterocycles. The molecule has 0 radical (unpaired) electrons. The predicted octanol–water partition coefficient (Wildman–Crippen LogP) is 0.0891. The Bertz CT molecular complexity index is 596. The summed E-state index contributed by atoms with van der Waals surface area (Å²) in [6.07, 6.45) is 1.33. The van der Waals surface area contributed by atoms with Crippen molar-refractivity contribution in [3.8, 4) is 0 Å². The number of nitrogens with two attached hydrogens (primary N) is 1. The van der Waals surface area contributed by atoms with Gasteiger partial charge in [-0.1, -0.05) is 0 Å². The van der Waals surface area contributed by atoms with Gasteiger partial charge in [0.1, 0.15) is 12.0 Å². The summed E-state index contributed by atoms with van der Waals surface area (Å²) in [7, 11) is 2.12. The molecule has 0 atom stereocenters. The van der Waals surface area contributed by atoms with Crippen molar-refractivity contribution >= 4 is 23.4 Å². The molecule has 0 unspecified atom stereocenters. The number of carbonyl (C=O) groups excluding carboxylic acids is 1. The monoisotopic (exact) mass is 349 g/mol. The zero-order chi connectivity index (χ0) is 17.8. The second kappa shape index (κ2) is 7.73. The maximum absolute atomic E-state index is 11.8. The molecule has 0 saturated carbocycles. The number of aromatic nitrogens is 2. The third-order valence-corrected chi connectivity index (χ3v) is 4.75. The molecule has 25 heavy (non-hydrogen) atoms. The van der Waals surface area contributed by atoms with E-state index in [1.165, 1.54) is 0 Å². The average molecular weight is 349 g/mol. The molecule has 1 amide bonds. The zero-order valence-corrected chi connectivity index (χ0v) is 15.0. The van der Waals surface area contributed by atoms with Crippen molar-refractivity contribution in [1.82, 2.24) is 19.8 Å². The normalized spacial score (nSPS) is 19.2. The number of anilines is 3. The summed E-state index contributed by atoms with van der Waals surface area (Å²) >= 11 is 0. The van der Waals surface area contributed by atoms with Crippen molar-refractivity contribution < 1.29 is 9.53 Å². The second-order valence-corrected chi connectivity index (χ2v) is 6.40. The van der Waals surface area contributed by atoms with Crippen LogP contribution >= 0.6 is 0 Å². The molecule has 0 aromatic carbocycles. The Morgan fingerprint density at radius 1 is 1.04 bits per heavy atom. The van der Waals surface area contributed by atoms with Crippen molar-refractivity contribution in [2.45, 2.75) is 6.92 Å². The van der Waals surface area contributed by atoms with Gasteiger partial charge in [-0.25, -0.2) is 14.8 Å². The van der Waals surface area contributed by atoms with Crippen LogP contribution in [0.1, 0.15) is 6.92 Å². The van der Waals surface area contributed by atoms with E-state index >= 15 is 0 Å². The molecule has 2 fully saturated rings. The molecular formula is C16H27N7O2. The van der Waals surface area contributed by atoms with E-state index in [1.54, 1.807) is 11.2 Å². The van der Waals surface area contributed by atoms with Crippen LogP contribution in [0.3, 0.4) is 0 Å². The number of rotatable bonds is 3. The van der Waals surface area contributed by atoms with Crippen molar-refractivity contribution in [2.75, 3.05) is 81.5 Å². The highest BCUT2D eigenvalue weighted by atomic mass is 16.6. The molecule has 3 rings (SSSR count). The number of ether oxygens (including phenoxy) is 1. The molecule has 0 spiro atoms. The summed E-state index contributed by atoms with van der Waals surface area (Å²) in [5, 5.41) is 0. The zero-order valence-electron chi connectivity index (χ0n) is 15.0. The second-order valence-electron chi connectivity index (χ2n) is 6.40. The highest BCUT2D eigenvalue weighted by Crippen LogP contribution is 2.30. The number of piperazine rings is 2. The van der Waals surface area contributed by atoms with Crippen LogP contribution in [0.4, 0.5) is 22.1 Å². The molecule has 9 nitrogen and oxygen atoms in total. The SMILES string of the molecule is CCOC(=O)N1CCN(c2ncnc(N3CCN(C)CC3)c2N)CC1. The fraction of sp³-hybridized carbons (Fsp3) is 0.688. The first-order chi connectivity index (χ1) is 12.1. The highest BCUT2D eigenvalue weighted by molar-refractivity contribution is 5.76. The van der Waals surface area contributed by atoms with E-state index in [4.69, 9.17) is 10.5 Å². The number of amides is 1. The van der Waals surface area contributed by atoms with E-state index in [0.717, 1.165) is 37.8 Å². The van der Waals surface area contributed by atoms with E-state index in [0.29, 0.717) is 38.5 Å². The summed E-state index contributed by atoms with van der Waals surface area (Å²) in [5.41, 5.74) is 7.02. The molecule has 1 aromatic rings. The third-order valence-electron chi connectivity index (χ3n) is 4.75. The lowest BCUT2D eigenvalue weighted by Crippen LogP contribution is -2.49. The van der Waals surface area contributed by atoms with E-state index < -0.39 is 0 Å². The first kappa shape index (κ1) is 17.5. The van der Waals surface area contributed by atoms with Crippen LogP contribution < -0.4 is 15.5 Å². The van der Waals surface area contributed by atoms with Crippen molar-refractivity contribution in [1.29, 1.82) is 0 Å². The molecule has 2 saturated heterocycles. The van der Waals surface area contributed by atoms with Crippen LogP contribution in [0.15, 0.2) is 6.33 Å². The largest absolute Gasteiger partial charge is 0.450 e. The smallest absolute Gasteiger partial charge is 0.409 e. The van der Waals surface area contributed by atoms with Gasteiger partial charge in [-0.15, -0.1) is 0 Å². The number of nitrogens with zero attached hydrogens (tertiary/aromatic N) is 6. The molecule has 138 valence electrons. The Labute approximate surface area is 148 Å². The van der Waals surface area contributed by atoms with Gasteiger partial charge in [-0.3, -0.25) is 0 Å². The lowest BCUT2D eigenvalue weighted by Gasteiger charge is -2.37. The summed E-state index contributed by atoms with van der Waals surface area (Å²) < 4.78 is 5.06. The first-order valence-electron chi connectivity index (χ1n) is 8.80. The van der Waals surface area contributed by atoms with Gasteiger partial charge in [0, 0.05) is 52.4 Å². The molecule has 2 N–H and O–H groups in total. The van der Waals surface area contributed by atoms with Gasteiger partial charge in [0.25, 0.3) is 0 Å².